The Balaban J connectivity index is 2.09. The quantitative estimate of drug-likeness (QED) is 0.843. The second kappa shape index (κ2) is 5.89. The van der Waals surface area contributed by atoms with Gasteiger partial charge in [-0.15, -0.1) is 0 Å². The van der Waals surface area contributed by atoms with Crippen LogP contribution >= 0.6 is 23.2 Å². The van der Waals surface area contributed by atoms with Crippen molar-refractivity contribution in [3.8, 4) is 0 Å². The Morgan fingerprint density at radius 2 is 2.11 bits per heavy atom. The topological polar surface area (TPSA) is 42.0 Å². The van der Waals surface area contributed by atoms with E-state index in [-0.39, 0.29) is 17.1 Å². The van der Waals surface area contributed by atoms with Gasteiger partial charge in [0.15, 0.2) is 0 Å². The van der Waals surface area contributed by atoms with Gasteiger partial charge >= 0.3 is 0 Å². The highest BCUT2D eigenvalue weighted by molar-refractivity contribution is 6.35. The molecule has 0 aliphatic heterocycles. The predicted octanol–water partition coefficient (Wildman–Crippen LogP) is 3.70. The lowest BCUT2D eigenvalue weighted by atomic mass is 9.86. The van der Waals surface area contributed by atoms with Crippen molar-refractivity contribution in [1.82, 2.24) is 10.3 Å². The molecule has 1 aliphatic rings. The second-order valence-electron chi connectivity index (χ2n) is 4.83. The minimum absolute atomic E-state index is 0.164. The van der Waals surface area contributed by atoms with Gasteiger partial charge in [-0.1, -0.05) is 43.0 Å². The molecule has 2 atom stereocenters. The zero-order valence-corrected chi connectivity index (χ0v) is 11.8. The molecule has 1 aromatic heterocycles. The van der Waals surface area contributed by atoms with Gasteiger partial charge in [0.2, 0.25) is 0 Å². The smallest absolute Gasteiger partial charge is 0.253 e. The molecular weight excluding hydrogens is 271 g/mol. The van der Waals surface area contributed by atoms with Crippen molar-refractivity contribution in [3.63, 3.8) is 0 Å². The van der Waals surface area contributed by atoms with Crippen LogP contribution in [0.3, 0.4) is 0 Å². The van der Waals surface area contributed by atoms with Crippen molar-refractivity contribution >= 4 is 29.1 Å². The third-order valence-corrected chi connectivity index (χ3v) is 4.00. The molecule has 1 aliphatic carbocycles. The van der Waals surface area contributed by atoms with E-state index >= 15 is 0 Å². The number of hydrogen-bond donors (Lipinski definition) is 1. The summed E-state index contributed by atoms with van der Waals surface area (Å²) < 4.78 is 0. The summed E-state index contributed by atoms with van der Waals surface area (Å²) in [4.78, 5) is 16.0. The van der Waals surface area contributed by atoms with Crippen LogP contribution in [0.4, 0.5) is 0 Å². The number of nitrogens with one attached hydrogen (secondary N) is 1. The molecule has 0 radical (unpaired) electrons. The monoisotopic (exact) mass is 286 g/mol. The van der Waals surface area contributed by atoms with Crippen LogP contribution in [0.2, 0.25) is 10.2 Å². The molecule has 5 heteroatoms. The van der Waals surface area contributed by atoms with E-state index in [4.69, 9.17) is 23.2 Å². The average molecular weight is 287 g/mol. The molecule has 1 fully saturated rings. The molecule has 2 unspecified atom stereocenters. The predicted molar refractivity (Wildman–Crippen MR) is 73.1 cm³/mol. The first-order chi connectivity index (χ1) is 8.58. The summed E-state index contributed by atoms with van der Waals surface area (Å²) in [5.41, 5.74) is 0.398. The normalized spacial score (nSPS) is 23.7. The fourth-order valence-corrected chi connectivity index (χ4v) is 2.71. The van der Waals surface area contributed by atoms with Gasteiger partial charge in [0.05, 0.1) is 10.6 Å². The molecular formula is C13H16Cl2N2O. The molecule has 1 saturated carbocycles. The molecule has 0 saturated heterocycles. The molecule has 2 rings (SSSR count). The molecule has 0 bridgehead atoms. The summed E-state index contributed by atoms with van der Waals surface area (Å²) >= 11 is 11.7. The molecule has 1 aromatic rings. The van der Waals surface area contributed by atoms with Gasteiger partial charge in [-0.3, -0.25) is 4.79 Å². The van der Waals surface area contributed by atoms with E-state index in [0.717, 1.165) is 12.8 Å². The van der Waals surface area contributed by atoms with Crippen molar-refractivity contribution in [3.05, 3.63) is 28.0 Å². The Hall–Kier alpha value is -0.800. The molecule has 0 aromatic carbocycles. The average Bonchev–Trinajstić information content (AvgIpc) is 2.35. The first kappa shape index (κ1) is 13.6. The fraction of sp³-hybridized carbons (Fsp3) is 0.538. The van der Waals surface area contributed by atoms with Gasteiger partial charge in [0.1, 0.15) is 5.15 Å². The Bertz CT molecular complexity index is 451. The lowest BCUT2D eigenvalue weighted by molar-refractivity contribution is 0.0910. The molecule has 1 heterocycles. The standard InChI is InChI=1S/C13H16Cl2N2O/c1-8-4-2-3-5-11(8)17-13(18)9-6-12(15)16-7-10(9)14/h6-8,11H,2-5H2,1H3,(H,17,18). The molecule has 18 heavy (non-hydrogen) atoms. The van der Waals surface area contributed by atoms with Crippen LogP contribution in [0, 0.1) is 5.92 Å². The van der Waals surface area contributed by atoms with E-state index in [2.05, 4.69) is 17.2 Å². The number of rotatable bonds is 2. The number of carbonyl (C=O) groups is 1. The van der Waals surface area contributed by atoms with Crippen LogP contribution in [-0.4, -0.2) is 16.9 Å². The zero-order valence-electron chi connectivity index (χ0n) is 10.2. The molecule has 98 valence electrons. The maximum Gasteiger partial charge on any atom is 0.253 e. The summed E-state index contributed by atoms with van der Waals surface area (Å²) in [5, 5.41) is 3.66. The van der Waals surface area contributed by atoms with Crippen molar-refractivity contribution in [2.75, 3.05) is 0 Å². The number of hydrogen-bond acceptors (Lipinski definition) is 2. The summed E-state index contributed by atoms with van der Waals surface area (Å²) in [5.74, 6) is 0.349. The minimum atomic E-state index is -0.164. The maximum atomic E-state index is 12.1. The lowest BCUT2D eigenvalue weighted by Gasteiger charge is -2.29. The first-order valence-electron chi connectivity index (χ1n) is 6.20. The summed E-state index contributed by atoms with van der Waals surface area (Å²) in [6.45, 7) is 2.17. The van der Waals surface area contributed by atoms with E-state index in [9.17, 15) is 4.79 Å². The molecule has 3 nitrogen and oxygen atoms in total. The Morgan fingerprint density at radius 1 is 1.39 bits per heavy atom. The zero-order chi connectivity index (χ0) is 13.1. The maximum absolute atomic E-state index is 12.1. The van der Waals surface area contributed by atoms with Gasteiger partial charge in [-0.2, -0.15) is 0 Å². The number of pyridine rings is 1. The van der Waals surface area contributed by atoms with Gasteiger partial charge in [0, 0.05) is 12.2 Å². The van der Waals surface area contributed by atoms with Crippen LogP contribution in [0.1, 0.15) is 43.0 Å². The highest BCUT2D eigenvalue weighted by atomic mass is 35.5. The number of aromatic nitrogens is 1. The first-order valence-corrected chi connectivity index (χ1v) is 6.95. The van der Waals surface area contributed by atoms with Crippen LogP contribution in [0.5, 0.6) is 0 Å². The highest BCUT2D eigenvalue weighted by Gasteiger charge is 2.24. The van der Waals surface area contributed by atoms with Crippen molar-refractivity contribution in [1.29, 1.82) is 0 Å². The lowest BCUT2D eigenvalue weighted by Crippen LogP contribution is -2.41. The summed E-state index contributed by atoms with van der Waals surface area (Å²) in [6, 6.07) is 1.74. The van der Waals surface area contributed by atoms with Crippen LogP contribution in [-0.2, 0) is 0 Å². The van der Waals surface area contributed by atoms with Gasteiger partial charge < -0.3 is 5.32 Å². The van der Waals surface area contributed by atoms with E-state index in [1.54, 1.807) is 0 Å². The van der Waals surface area contributed by atoms with Crippen LogP contribution in [0.15, 0.2) is 12.3 Å². The van der Waals surface area contributed by atoms with Gasteiger partial charge in [0.25, 0.3) is 5.91 Å². The molecule has 1 N–H and O–H groups in total. The van der Waals surface area contributed by atoms with Crippen molar-refractivity contribution in [2.45, 2.75) is 38.6 Å². The van der Waals surface area contributed by atoms with E-state index < -0.39 is 0 Å². The van der Waals surface area contributed by atoms with Crippen molar-refractivity contribution < 1.29 is 4.79 Å². The Morgan fingerprint density at radius 3 is 2.83 bits per heavy atom. The number of nitrogens with zero attached hydrogens (tertiary/aromatic N) is 1. The Kier molecular flexibility index (Phi) is 4.46. The van der Waals surface area contributed by atoms with E-state index in [1.807, 2.05) is 0 Å². The third-order valence-electron chi connectivity index (χ3n) is 3.49. The summed E-state index contributed by atoms with van der Waals surface area (Å²) in [6.07, 6.45) is 6.01. The summed E-state index contributed by atoms with van der Waals surface area (Å²) in [7, 11) is 0. The van der Waals surface area contributed by atoms with Crippen molar-refractivity contribution in [2.24, 2.45) is 5.92 Å². The highest BCUT2D eigenvalue weighted by Crippen LogP contribution is 2.25. The van der Waals surface area contributed by atoms with Crippen LogP contribution < -0.4 is 5.32 Å². The minimum Gasteiger partial charge on any atom is -0.349 e. The fourth-order valence-electron chi connectivity index (χ4n) is 2.36. The molecule has 0 spiro atoms. The third kappa shape index (κ3) is 3.15. The SMILES string of the molecule is CC1CCCCC1NC(=O)c1cc(Cl)ncc1Cl. The number of carbonyl (C=O) groups excluding carboxylic acids is 1. The van der Waals surface area contributed by atoms with E-state index in [0.29, 0.717) is 16.5 Å². The second-order valence-corrected chi connectivity index (χ2v) is 5.62. The largest absolute Gasteiger partial charge is 0.349 e. The van der Waals surface area contributed by atoms with Gasteiger partial charge in [-0.25, -0.2) is 4.98 Å². The number of amides is 1. The number of halogens is 2. The Labute approximate surface area is 117 Å². The van der Waals surface area contributed by atoms with Gasteiger partial charge in [-0.05, 0) is 24.8 Å². The van der Waals surface area contributed by atoms with Crippen LogP contribution in [0.25, 0.3) is 0 Å². The van der Waals surface area contributed by atoms with E-state index in [1.165, 1.54) is 25.1 Å². The molecule has 1 amide bonds.